The van der Waals surface area contributed by atoms with Crippen molar-refractivity contribution in [3.63, 3.8) is 0 Å². The molecular formula is C27H36N6O. The van der Waals surface area contributed by atoms with Crippen molar-refractivity contribution in [1.29, 1.82) is 0 Å². The Morgan fingerprint density at radius 2 is 1.82 bits per heavy atom. The van der Waals surface area contributed by atoms with E-state index in [4.69, 9.17) is 4.98 Å². The molecule has 0 bridgehead atoms. The standard InChI is InChI=1S/C27H36N6O/c1-18(2)23-10-4-19(3)16-24(23)33-25(34)11-5-20-17-29-27(31-26(20)33)30-21-6-8-22(9-7-21)32-14-12-28-13-15-32/h5-9,11,17-19,23-24,28H,4,10,12-16H2,1-3H3,(H,29,30,31). The molecule has 5 rings (SSSR count). The summed E-state index contributed by atoms with van der Waals surface area (Å²) in [5.74, 6) is 2.12. The van der Waals surface area contributed by atoms with Gasteiger partial charge in [-0.05, 0) is 60.9 Å². The Morgan fingerprint density at radius 3 is 2.56 bits per heavy atom. The van der Waals surface area contributed by atoms with Crippen LogP contribution in [0, 0.1) is 17.8 Å². The predicted octanol–water partition coefficient (Wildman–Crippen LogP) is 4.58. The van der Waals surface area contributed by atoms with Crippen LogP contribution in [0.2, 0.25) is 0 Å². The molecule has 2 aliphatic rings. The van der Waals surface area contributed by atoms with Crippen molar-refractivity contribution in [2.45, 2.75) is 46.1 Å². The molecule has 2 fully saturated rings. The Labute approximate surface area is 201 Å². The normalized spacial score (nSPS) is 23.4. The highest BCUT2D eigenvalue weighted by Gasteiger charge is 2.33. The fourth-order valence-corrected chi connectivity index (χ4v) is 5.68. The zero-order chi connectivity index (χ0) is 23.7. The molecule has 3 heterocycles. The summed E-state index contributed by atoms with van der Waals surface area (Å²) in [7, 11) is 0. The summed E-state index contributed by atoms with van der Waals surface area (Å²) in [6, 6.07) is 12.1. The molecule has 7 heteroatoms. The number of nitrogens with one attached hydrogen (secondary N) is 2. The second kappa shape index (κ2) is 9.74. The first-order valence-electron chi connectivity index (χ1n) is 12.7. The van der Waals surface area contributed by atoms with E-state index in [-0.39, 0.29) is 11.6 Å². The van der Waals surface area contributed by atoms with Gasteiger partial charge < -0.3 is 15.5 Å². The lowest BCUT2D eigenvalue weighted by atomic mass is 9.74. The summed E-state index contributed by atoms with van der Waals surface area (Å²) < 4.78 is 1.95. The van der Waals surface area contributed by atoms with Crippen molar-refractivity contribution in [2.24, 2.45) is 17.8 Å². The van der Waals surface area contributed by atoms with E-state index in [2.05, 4.69) is 65.6 Å². The first-order valence-corrected chi connectivity index (χ1v) is 12.7. The molecule has 1 saturated carbocycles. The van der Waals surface area contributed by atoms with Crippen LogP contribution in [-0.4, -0.2) is 40.7 Å². The summed E-state index contributed by atoms with van der Waals surface area (Å²) in [5, 5.41) is 7.64. The number of hydrogen-bond donors (Lipinski definition) is 2. The van der Waals surface area contributed by atoms with Crippen molar-refractivity contribution in [1.82, 2.24) is 19.9 Å². The highest BCUT2D eigenvalue weighted by molar-refractivity contribution is 5.76. The number of hydrogen-bond acceptors (Lipinski definition) is 6. The van der Waals surface area contributed by atoms with Crippen LogP contribution < -0.4 is 21.1 Å². The van der Waals surface area contributed by atoms with Crippen LogP contribution in [0.25, 0.3) is 11.0 Å². The topological polar surface area (TPSA) is 75.1 Å². The Kier molecular flexibility index (Phi) is 6.55. The Hall–Kier alpha value is -2.93. The number of fused-ring (bicyclic) bond motifs is 1. The van der Waals surface area contributed by atoms with Gasteiger partial charge in [0.2, 0.25) is 5.95 Å². The summed E-state index contributed by atoms with van der Waals surface area (Å²) in [6.45, 7) is 10.9. The maximum Gasteiger partial charge on any atom is 0.252 e. The fraction of sp³-hybridized carbons (Fsp3) is 0.519. The zero-order valence-electron chi connectivity index (χ0n) is 20.5. The average Bonchev–Trinajstić information content (AvgIpc) is 2.85. The summed E-state index contributed by atoms with van der Waals surface area (Å²) in [5.41, 5.74) is 2.93. The van der Waals surface area contributed by atoms with Crippen LogP contribution in [0.15, 0.2) is 47.4 Å². The minimum Gasteiger partial charge on any atom is -0.369 e. The maximum atomic E-state index is 13.1. The SMILES string of the molecule is CC1CCC(C(C)C)C(n2c(=O)ccc3cnc(Nc4ccc(N5CCNCC5)cc4)nc32)C1. The molecule has 0 amide bonds. The highest BCUT2D eigenvalue weighted by Crippen LogP contribution is 2.41. The van der Waals surface area contributed by atoms with Crippen LogP contribution in [-0.2, 0) is 0 Å². The number of aromatic nitrogens is 3. The monoisotopic (exact) mass is 460 g/mol. The molecular weight excluding hydrogens is 424 g/mol. The largest absolute Gasteiger partial charge is 0.369 e. The number of nitrogens with zero attached hydrogens (tertiary/aromatic N) is 4. The molecule has 0 spiro atoms. The quantitative estimate of drug-likeness (QED) is 0.581. The third kappa shape index (κ3) is 4.67. The Morgan fingerprint density at radius 1 is 1.06 bits per heavy atom. The molecule has 2 N–H and O–H groups in total. The van der Waals surface area contributed by atoms with Crippen LogP contribution in [0.1, 0.15) is 46.1 Å². The van der Waals surface area contributed by atoms with Gasteiger partial charge in [0.05, 0.1) is 0 Å². The molecule has 3 unspecified atom stereocenters. The number of anilines is 3. The van der Waals surface area contributed by atoms with E-state index in [1.807, 2.05) is 16.8 Å². The van der Waals surface area contributed by atoms with Crippen LogP contribution in [0.3, 0.4) is 0 Å². The molecule has 0 radical (unpaired) electrons. The molecule has 2 aromatic heterocycles. The van der Waals surface area contributed by atoms with Gasteiger partial charge in [-0.3, -0.25) is 9.36 Å². The van der Waals surface area contributed by atoms with Gasteiger partial charge in [-0.1, -0.05) is 27.2 Å². The second-order valence-electron chi connectivity index (χ2n) is 10.3. The molecule has 1 saturated heterocycles. The molecule has 7 nitrogen and oxygen atoms in total. The first kappa shape index (κ1) is 22.8. The van der Waals surface area contributed by atoms with Gasteiger partial charge in [0, 0.05) is 61.2 Å². The Bertz CT molecular complexity index is 1180. The summed E-state index contributed by atoms with van der Waals surface area (Å²) in [6.07, 6.45) is 5.22. The van der Waals surface area contributed by atoms with E-state index in [0.717, 1.165) is 55.7 Å². The molecule has 3 aromatic rings. The van der Waals surface area contributed by atoms with Gasteiger partial charge in [-0.15, -0.1) is 0 Å². The minimum atomic E-state index is 0.0299. The lowest BCUT2D eigenvalue weighted by molar-refractivity contribution is 0.149. The van der Waals surface area contributed by atoms with E-state index in [9.17, 15) is 4.79 Å². The van der Waals surface area contributed by atoms with Gasteiger partial charge >= 0.3 is 0 Å². The van der Waals surface area contributed by atoms with E-state index in [1.165, 1.54) is 12.1 Å². The van der Waals surface area contributed by atoms with E-state index in [1.54, 1.807) is 6.07 Å². The van der Waals surface area contributed by atoms with Crippen molar-refractivity contribution in [2.75, 3.05) is 36.4 Å². The number of pyridine rings is 1. The molecule has 1 aliphatic carbocycles. The lowest BCUT2D eigenvalue weighted by Crippen LogP contribution is -2.43. The second-order valence-corrected chi connectivity index (χ2v) is 10.3. The lowest BCUT2D eigenvalue weighted by Gasteiger charge is -2.38. The predicted molar refractivity (Wildman–Crippen MR) is 139 cm³/mol. The third-order valence-electron chi connectivity index (χ3n) is 7.59. The first-order chi connectivity index (χ1) is 16.5. The van der Waals surface area contributed by atoms with E-state index < -0.39 is 0 Å². The van der Waals surface area contributed by atoms with E-state index >= 15 is 0 Å². The van der Waals surface area contributed by atoms with Gasteiger partial charge in [0.25, 0.3) is 5.56 Å². The highest BCUT2D eigenvalue weighted by atomic mass is 16.1. The fourth-order valence-electron chi connectivity index (χ4n) is 5.68. The number of piperazine rings is 1. The van der Waals surface area contributed by atoms with Gasteiger partial charge in [0.15, 0.2) is 0 Å². The smallest absolute Gasteiger partial charge is 0.252 e. The number of rotatable bonds is 5. The van der Waals surface area contributed by atoms with E-state index in [0.29, 0.717) is 23.7 Å². The minimum absolute atomic E-state index is 0.0299. The van der Waals surface area contributed by atoms with Crippen LogP contribution >= 0.6 is 0 Å². The Balaban J connectivity index is 1.45. The van der Waals surface area contributed by atoms with Gasteiger partial charge in [-0.2, -0.15) is 4.98 Å². The van der Waals surface area contributed by atoms with Gasteiger partial charge in [-0.25, -0.2) is 4.98 Å². The van der Waals surface area contributed by atoms with Crippen molar-refractivity contribution >= 4 is 28.4 Å². The molecule has 3 atom stereocenters. The van der Waals surface area contributed by atoms with Crippen molar-refractivity contribution in [3.05, 3.63) is 52.9 Å². The molecule has 180 valence electrons. The summed E-state index contributed by atoms with van der Waals surface area (Å²) in [4.78, 5) is 24.9. The summed E-state index contributed by atoms with van der Waals surface area (Å²) >= 11 is 0. The average molecular weight is 461 g/mol. The van der Waals surface area contributed by atoms with Crippen molar-refractivity contribution in [3.8, 4) is 0 Å². The van der Waals surface area contributed by atoms with Crippen LogP contribution in [0.4, 0.5) is 17.3 Å². The third-order valence-corrected chi connectivity index (χ3v) is 7.59. The molecule has 1 aliphatic heterocycles. The number of benzene rings is 1. The van der Waals surface area contributed by atoms with Crippen LogP contribution in [0.5, 0.6) is 0 Å². The molecule has 1 aromatic carbocycles. The van der Waals surface area contributed by atoms with Crippen molar-refractivity contribution < 1.29 is 0 Å². The van der Waals surface area contributed by atoms with Gasteiger partial charge in [0.1, 0.15) is 5.65 Å². The zero-order valence-corrected chi connectivity index (χ0v) is 20.5. The molecule has 34 heavy (non-hydrogen) atoms. The maximum absolute atomic E-state index is 13.1.